The van der Waals surface area contributed by atoms with Gasteiger partial charge in [-0.15, -0.1) is 0 Å². The number of anilines is 1. The molecule has 100 valence electrons. The topological polar surface area (TPSA) is 73.3 Å². The average Bonchev–Trinajstić information content (AvgIpc) is 2.38. The van der Waals surface area contributed by atoms with Gasteiger partial charge in [-0.05, 0) is 6.42 Å². The zero-order valence-electron chi connectivity index (χ0n) is 10.8. The standard InChI is InChI=1S/C12H19N3O3/c1-3-4-5-6-18-9-11(16)14-10-7-13-8-12(15-10)17-2/h7-8H,3-6,9H2,1-2H3,(H,14,15,16). The molecule has 0 aliphatic rings. The van der Waals surface area contributed by atoms with Crippen LogP contribution in [0.15, 0.2) is 12.4 Å². The van der Waals surface area contributed by atoms with Crippen LogP contribution in [-0.4, -0.2) is 36.2 Å². The fourth-order valence-electron chi connectivity index (χ4n) is 1.30. The van der Waals surface area contributed by atoms with E-state index < -0.39 is 0 Å². The van der Waals surface area contributed by atoms with Gasteiger partial charge in [0.25, 0.3) is 5.91 Å². The maximum Gasteiger partial charge on any atom is 0.251 e. The van der Waals surface area contributed by atoms with Gasteiger partial charge >= 0.3 is 0 Å². The molecule has 0 saturated heterocycles. The number of amides is 1. The highest BCUT2D eigenvalue weighted by Gasteiger charge is 2.04. The van der Waals surface area contributed by atoms with E-state index in [9.17, 15) is 4.79 Å². The summed E-state index contributed by atoms with van der Waals surface area (Å²) in [5.41, 5.74) is 0. The summed E-state index contributed by atoms with van der Waals surface area (Å²) in [4.78, 5) is 19.4. The van der Waals surface area contributed by atoms with Gasteiger partial charge < -0.3 is 14.8 Å². The molecule has 1 N–H and O–H groups in total. The van der Waals surface area contributed by atoms with Crippen molar-refractivity contribution < 1.29 is 14.3 Å². The van der Waals surface area contributed by atoms with E-state index in [-0.39, 0.29) is 12.5 Å². The van der Waals surface area contributed by atoms with E-state index in [0.29, 0.717) is 18.3 Å². The average molecular weight is 253 g/mol. The first kappa shape index (κ1) is 14.4. The number of carbonyl (C=O) groups excluding carboxylic acids is 1. The minimum absolute atomic E-state index is 0.0304. The summed E-state index contributed by atoms with van der Waals surface area (Å²) >= 11 is 0. The molecule has 6 heteroatoms. The van der Waals surface area contributed by atoms with Gasteiger partial charge in [-0.2, -0.15) is 4.98 Å². The third-order valence-electron chi connectivity index (χ3n) is 2.21. The SMILES string of the molecule is CCCCCOCC(=O)Nc1cncc(OC)n1. The highest BCUT2D eigenvalue weighted by molar-refractivity contribution is 5.90. The summed E-state index contributed by atoms with van der Waals surface area (Å²) in [7, 11) is 1.49. The molecule has 1 heterocycles. The minimum Gasteiger partial charge on any atom is -0.480 e. The molecular weight excluding hydrogens is 234 g/mol. The first-order valence-corrected chi connectivity index (χ1v) is 6.00. The molecule has 1 rings (SSSR count). The molecule has 0 aliphatic carbocycles. The predicted octanol–water partition coefficient (Wildman–Crippen LogP) is 1.63. The molecule has 18 heavy (non-hydrogen) atoms. The number of hydrogen-bond acceptors (Lipinski definition) is 5. The lowest BCUT2D eigenvalue weighted by Gasteiger charge is -2.06. The first-order valence-electron chi connectivity index (χ1n) is 6.00. The Bertz CT molecular complexity index is 371. The van der Waals surface area contributed by atoms with E-state index in [4.69, 9.17) is 9.47 Å². The van der Waals surface area contributed by atoms with Crippen molar-refractivity contribution in [2.75, 3.05) is 25.6 Å². The van der Waals surface area contributed by atoms with Crippen LogP contribution in [0.25, 0.3) is 0 Å². The van der Waals surface area contributed by atoms with E-state index >= 15 is 0 Å². The van der Waals surface area contributed by atoms with Gasteiger partial charge in [-0.3, -0.25) is 9.78 Å². The number of rotatable bonds is 8. The molecule has 0 fully saturated rings. The van der Waals surface area contributed by atoms with Gasteiger partial charge in [0.1, 0.15) is 6.61 Å². The van der Waals surface area contributed by atoms with Gasteiger partial charge in [0.2, 0.25) is 5.88 Å². The van der Waals surface area contributed by atoms with Crippen molar-refractivity contribution in [3.05, 3.63) is 12.4 Å². The molecule has 1 amide bonds. The second-order valence-corrected chi connectivity index (χ2v) is 3.75. The van der Waals surface area contributed by atoms with Crippen molar-refractivity contribution in [2.45, 2.75) is 26.2 Å². The molecule has 0 spiro atoms. The van der Waals surface area contributed by atoms with Crippen LogP contribution in [0.3, 0.4) is 0 Å². The van der Waals surface area contributed by atoms with Crippen LogP contribution in [0.4, 0.5) is 5.82 Å². The lowest BCUT2D eigenvalue weighted by molar-refractivity contribution is -0.120. The summed E-state index contributed by atoms with van der Waals surface area (Å²) in [6.45, 7) is 2.75. The summed E-state index contributed by atoms with van der Waals surface area (Å²) in [6.07, 6.45) is 6.15. The molecule has 0 aromatic carbocycles. The van der Waals surface area contributed by atoms with E-state index in [1.807, 2.05) is 0 Å². The molecule has 0 atom stereocenters. The van der Waals surface area contributed by atoms with Gasteiger partial charge in [-0.1, -0.05) is 19.8 Å². The Morgan fingerprint density at radius 2 is 2.22 bits per heavy atom. The quantitative estimate of drug-likeness (QED) is 0.713. The normalized spacial score (nSPS) is 10.1. The fraction of sp³-hybridized carbons (Fsp3) is 0.583. The van der Waals surface area contributed by atoms with Crippen LogP contribution in [0.5, 0.6) is 5.88 Å². The van der Waals surface area contributed by atoms with Crippen LogP contribution >= 0.6 is 0 Å². The Kier molecular flexibility index (Phi) is 6.71. The number of methoxy groups -OCH3 is 1. The summed E-state index contributed by atoms with van der Waals surface area (Å²) < 4.78 is 10.1. The Morgan fingerprint density at radius 1 is 1.39 bits per heavy atom. The third kappa shape index (κ3) is 5.58. The second-order valence-electron chi connectivity index (χ2n) is 3.75. The molecule has 6 nitrogen and oxygen atoms in total. The Balaban J connectivity index is 2.26. The number of unbranched alkanes of at least 4 members (excludes halogenated alkanes) is 2. The van der Waals surface area contributed by atoms with Gasteiger partial charge in [0, 0.05) is 6.61 Å². The summed E-state index contributed by atoms with van der Waals surface area (Å²) in [5, 5.41) is 2.59. The van der Waals surface area contributed by atoms with Crippen molar-refractivity contribution in [1.29, 1.82) is 0 Å². The Hall–Kier alpha value is -1.69. The lowest BCUT2D eigenvalue weighted by atomic mass is 10.3. The highest BCUT2D eigenvalue weighted by Crippen LogP contribution is 2.07. The molecule has 0 aliphatic heterocycles. The fourth-order valence-corrected chi connectivity index (χ4v) is 1.30. The Labute approximate surface area is 107 Å². The van der Waals surface area contributed by atoms with Crippen molar-refractivity contribution >= 4 is 11.7 Å². The van der Waals surface area contributed by atoms with E-state index in [1.165, 1.54) is 19.5 Å². The predicted molar refractivity (Wildman–Crippen MR) is 67.6 cm³/mol. The first-order chi connectivity index (χ1) is 8.76. The van der Waals surface area contributed by atoms with Gasteiger partial charge in [0.15, 0.2) is 5.82 Å². The molecule has 0 saturated carbocycles. The zero-order valence-corrected chi connectivity index (χ0v) is 10.8. The number of aromatic nitrogens is 2. The van der Waals surface area contributed by atoms with Crippen LogP contribution < -0.4 is 10.1 Å². The number of carbonyl (C=O) groups is 1. The molecule has 0 bridgehead atoms. The number of nitrogens with one attached hydrogen (secondary N) is 1. The highest BCUT2D eigenvalue weighted by atomic mass is 16.5. The van der Waals surface area contributed by atoms with E-state index in [0.717, 1.165) is 19.3 Å². The number of ether oxygens (including phenoxy) is 2. The van der Waals surface area contributed by atoms with E-state index in [2.05, 4.69) is 22.2 Å². The maximum absolute atomic E-state index is 11.5. The molecular formula is C12H19N3O3. The Morgan fingerprint density at radius 3 is 2.94 bits per heavy atom. The monoisotopic (exact) mass is 253 g/mol. The van der Waals surface area contributed by atoms with Crippen molar-refractivity contribution in [1.82, 2.24) is 9.97 Å². The van der Waals surface area contributed by atoms with Gasteiger partial charge in [0.05, 0.1) is 19.5 Å². The second kappa shape index (κ2) is 8.41. The maximum atomic E-state index is 11.5. The summed E-state index contributed by atoms with van der Waals surface area (Å²) in [5.74, 6) is 0.474. The largest absolute Gasteiger partial charge is 0.480 e. The summed E-state index contributed by atoms with van der Waals surface area (Å²) in [6, 6.07) is 0. The van der Waals surface area contributed by atoms with Crippen LogP contribution in [0.1, 0.15) is 26.2 Å². The lowest BCUT2D eigenvalue weighted by Crippen LogP contribution is -2.19. The van der Waals surface area contributed by atoms with E-state index in [1.54, 1.807) is 0 Å². The minimum atomic E-state index is -0.242. The smallest absolute Gasteiger partial charge is 0.251 e. The van der Waals surface area contributed by atoms with Crippen molar-refractivity contribution in [3.8, 4) is 5.88 Å². The van der Waals surface area contributed by atoms with Crippen molar-refractivity contribution in [3.63, 3.8) is 0 Å². The third-order valence-corrected chi connectivity index (χ3v) is 2.21. The van der Waals surface area contributed by atoms with Crippen molar-refractivity contribution in [2.24, 2.45) is 0 Å². The van der Waals surface area contributed by atoms with Crippen LogP contribution in [0, 0.1) is 0 Å². The molecule has 1 aromatic rings. The van der Waals surface area contributed by atoms with Crippen LogP contribution in [0.2, 0.25) is 0 Å². The van der Waals surface area contributed by atoms with Gasteiger partial charge in [-0.25, -0.2) is 0 Å². The van der Waals surface area contributed by atoms with Crippen LogP contribution in [-0.2, 0) is 9.53 Å². The number of nitrogens with zero attached hydrogens (tertiary/aromatic N) is 2. The molecule has 1 aromatic heterocycles. The molecule has 0 radical (unpaired) electrons. The molecule has 0 unspecified atom stereocenters. The number of hydrogen-bond donors (Lipinski definition) is 1. The zero-order chi connectivity index (χ0) is 13.2.